The van der Waals surface area contributed by atoms with E-state index in [0.717, 1.165) is 31.2 Å². The number of aromatic hydroxyl groups is 1. The van der Waals surface area contributed by atoms with Gasteiger partial charge in [0.25, 0.3) is 0 Å². The highest BCUT2D eigenvalue weighted by molar-refractivity contribution is 5.94. The average Bonchev–Trinajstić information content (AvgIpc) is 3.01. The minimum Gasteiger partial charge on any atom is -0.508 e. The topological polar surface area (TPSA) is 177 Å². The van der Waals surface area contributed by atoms with Crippen LogP contribution >= 0.6 is 0 Å². The summed E-state index contributed by atoms with van der Waals surface area (Å²) < 4.78 is 11.1. The average molecular weight is 697 g/mol. The van der Waals surface area contributed by atoms with Crippen LogP contribution in [0.4, 0.5) is 4.79 Å². The van der Waals surface area contributed by atoms with E-state index in [-0.39, 0.29) is 31.6 Å². The fourth-order valence-electron chi connectivity index (χ4n) is 5.24. The summed E-state index contributed by atoms with van der Waals surface area (Å²) in [7, 11) is 0. The predicted octanol–water partition coefficient (Wildman–Crippen LogP) is 5.46. The number of phenols is 1. The Morgan fingerprint density at radius 1 is 0.800 bits per heavy atom. The van der Waals surface area contributed by atoms with E-state index in [2.05, 4.69) is 17.6 Å². The molecule has 0 spiro atoms. The van der Waals surface area contributed by atoms with Gasteiger partial charge in [-0.2, -0.15) is 0 Å². The Kier molecular flexibility index (Phi) is 16.2. The Balaban J connectivity index is 2.64. The van der Waals surface area contributed by atoms with Crippen LogP contribution in [0.1, 0.15) is 111 Å². The fraction of sp³-hybridized carbons (Fsp3) is 0.553. The summed E-state index contributed by atoms with van der Waals surface area (Å²) in [6.45, 7) is 12.4. The second-order valence-electron chi connectivity index (χ2n) is 14.4. The summed E-state index contributed by atoms with van der Waals surface area (Å²) in [5.74, 6) is -2.68. The molecule has 12 nitrogen and oxygen atoms in total. The van der Waals surface area contributed by atoms with Crippen molar-refractivity contribution in [2.45, 2.75) is 129 Å². The molecule has 5 N–H and O–H groups in total. The van der Waals surface area contributed by atoms with Gasteiger partial charge in [-0.1, -0.05) is 75.1 Å². The number of nitrogens with zero attached hydrogens (tertiary/aromatic N) is 1. The number of rotatable bonds is 18. The third-order valence-corrected chi connectivity index (χ3v) is 7.51. The van der Waals surface area contributed by atoms with Gasteiger partial charge in [0.1, 0.15) is 35.1 Å². The van der Waals surface area contributed by atoms with Crippen LogP contribution in [0, 0.1) is 0 Å². The molecule has 0 heterocycles. The maximum absolute atomic E-state index is 14.5. The zero-order valence-electron chi connectivity index (χ0n) is 30.6. The van der Waals surface area contributed by atoms with Crippen LogP contribution in [0.15, 0.2) is 54.6 Å². The molecule has 3 atom stereocenters. The minimum atomic E-state index is -1.30. The van der Waals surface area contributed by atoms with Crippen LogP contribution in [-0.4, -0.2) is 69.6 Å². The first-order chi connectivity index (χ1) is 23.4. The third kappa shape index (κ3) is 15.3. The number of alkyl carbamates (subject to hydrolysis) is 1. The van der Waals surface area contributed by atoms with E-state index in [1.165, 1.54) is 29.2 Å². The molecule has 0 fully saturated rings. The van der Waals surface area contributed by atoms with E-state index >= 15 is 0 Å². The number of nitrogens with one attached hydrogen (secondary N) is 2. The van der Waals surface area contributed by atoms with Gasteiger partial charge in [0, 0.05) is 19.4 Å². The number of primary amides is 1. The van der Waals surface area contributed by atoms with Gasteiger partial charge in [0.15, 0.2) is 0 Å². The summed E-state index contributed by atoms with van der Waals surface area (Å²) in [6, 6.07) is 11.3. The van der Waals surface area contributed by atoms with E-state index in [1.807, 2.05) is 30.3 Å². The van der Waals surface area contributed by atoms with Crippen LogP contribution in [0.25, 0.3) is 0 Å². The number of carbonyl (C=O) groups excluding carboxylic acids is 5. The Labute approximate surface area is 296 Å². The van der Waals surface area contributed by atoms with Crippen LogP contribution in [0.2, 0.25) is 0 Å². The quantitative estimate of drug-likeness (QED) is 0.117. The van der Waals surface area contributed by atoms with Crippen LogP contribution < -0.4 is 16.4 Å². The van der Waals surface area contributed by atoms with Crippen molar-refractivity contribution in [1.82, 2.24) is 15.5 Å². The lowest BCUT2D eigenvalue weighted by Crippen LogP contribution is -2.55. The number of hydrogen-bond acceptors (Lipinski definition) is 8. The summed E-state index contributed by atoms with van der Waals surface area (Å²) in [4.78, 5) is 68.7. The SMILES string of the molecule is CCCCCCCN(C(=O)C(CCC(N)=O)NC(=O)OC(C)(C)C)C(C(=O)NC(Cc1ccccc1)C(=O)OC(C)(C)C)c1ccc(O)cc1. The molecule has 0 aliphatic heterocycles. The van der Waals surface area contributed by atoms with Gasteiger partial charge in [-0.05, 0) is 77.6 Å². The lowest BCUT2D eigenvalue weighted by Gasteiger charge is -2.35. The van der Waals surface area contributed by atoms with Crippen molar-refractivity contribution in [3.8, 4) is 5.75 Å². The van der Waals surface area contributed by atoms with Crippen LogP contribution in [-0.2, 0) is 35.1 Å². The Morgan fingerprint density at radius 2 is 1.40 bits per heavy atom. The number of benzene rings is 2. The first kappa shape index (κ1) is 41.6. The smallest absolute Gasteiger partial charge is 0.408 e. The van der Waals surface area contributed by atoms with Gasteiger partial charge < -0.3 is 35.8 Å². The molecule has 0 aliphatic rings. The highest BCUT2D eigenvalue weighted by Crippen LogP contribution is 2.27. The molecule has 0 aromatic heterocycles. The van der Waals surface area contributed by atoms with Crippen molar-refractivity contribution < 1.29 is 38.6 Å². The molecule has 2 aromatic rings. The van der Waals surface area contributed by atoms with Crippen molar-refractivity contribution >= 4 is 29.8 Å². The van der Waals surface area contributed by atoms with Crippen molar-refractivity contribution in [1.29, 1.82) is 0 Å². The van der Waals surface area contributed by atoms with E-state index in [0.29, 0.717) is 12.0 Å². The number of ether oxygens (including phenoxy) is 2. The standard InChI is InChI=1S/C38H56N4O8/c1-8-9-10-11-15-24-42(34(46)29(22-23-31(39)44)41-36(48)50-38(5,6)7)32(27-18-20-28(43)21-19-27)33(45)40-30(35(47)49-37(2,3)4)25-26-16-13-12-14-17-26/h12-14,16-21,29-30,32,43H,8-11,15,22-25H2,1-7H3,(H2,39,44)(H,40,45)(H,41,48). The normalized spacial score (nSPS) is 13.3. The first-order valence-electron chi connectivity index (χ1n) is 17.3. The second-order valence-corrected chi connectivity index (χ2v) is 14.4. The maximum Gasteiger partial charge on any atom is 0.408 e. The molecule has 2 rings (SSSR count). The van der Waals surface area contributed by atoms with E-state index < -0.39 is 59.1 Å². The maximum atomic E-state index is 14.5. The largest absolute Gasteiger partial charge is 0.508 e. The zero-order chi connectivity index (χ0) is 37.5. The highest BCUT2D eigenvalue weighted by Gasteiger charge is 2.38. The van der Waals surface area contributed by atoms with E-state index in [4.69, 9.17) is 15.2 Å². The van der Waals surface area contributed by atoms with Crippen molar-refractivity contribution in [3.63, 3.8) is 0 Å². The minimum absolute atomic E-state index is 0.0491. The molecule has 0 bridgehead atoms. The molecular formula is C38H56N4O8. The van der Waals surface area contributed by atoms with Gasteiger partial charge in [-0.3, -0.25) is 14.4 Å². The fourth-order valence-corrected chi connectivity index (χ4v) is 5.24. The Hall–Kier alpha value is -4.61. The molecule has 276 valence electrons. The number of hydrogen-bond donors (Lipinski definition) is 4. The van der Waals surface area contributed by atoms with Gasteiger partial charge in [0.05, 0.1) is 0 Å². The molecule has 50 heavy (non-hydrogen) atoms. The van der Waals surface area contributed by atoms with E-state index in [9.17, 15) is 29.1 Å². The molecule has 3 unspecified atom stereocenters. The van der Waals surface area contributed by atoms with Crippen LogP contribution in [0.5, 0.6) is 5.75 Å². The lowest BCUT2D eigenvalue weighted by atomic mass is 9.99. The van der Waals surface area contributed by atoms with Crippen LogP contribution in [0.3, 0.4) is 0 Å². The highest BCUT2D eigenvalue weighted by atomic mass is 16.6. The molecule has 0 saturated heterocycles. The third-order valence-electron chi connectivity index (χ3n) is 7.51. The van der Waals surface area contributed by atoms with Gasteiger partial charge >= 0.3 is 12.1 Å². The van der Waals surface area contributed by atoms with Crippen molar-refractivity contribution in [2.24, 2.45) is 5.73 Å². The molecule has 4 amide bonds. The number of nitrogens with two attached hydrogens (primary N) is 1. The first-order valence-corrected chi connectivity index (χ1v) is 17.3. The molecule has 0 aliphatic carbocycles. The summed E-state index contributed by atoms with van der Waals surface area (Å²) in [5.41, 5.74) is 4.87. The summed E-state index contributed by atoms with van der Waals surface area (Å²) in [6.07, 6.45) is 3.09. The monoisotopic (exact) mass is 696 g/mol. The zero-order valence-corrected chi connectivity index (χ0v) is 30.6. The molecule has 12 heteroatoms. The molecule has 2 aromatic carbocycles. The number of phenolic OH excluding ortho intramolecular Hbond substituents is 1. The van der Waals surface area contributed by atoms with Gasteiger partial charge in [-0.25, -0.2) is 9.59 Å². The Bertz CT molecular complexity index is 1400. The Morgan fingerprint density at radius 3 is 1.96 bits per heavy atom. The predicted molar refractivity (Wildman–Crippen MR) is 191 cm³/mol. The van der Waals surface area contributed by atoms with E-state index in [1.54, 1.807) is 41.5 Å². The van der Waals surface area contributed by atoms with Crippen molar-refractivity contribution in [3.05, 3.63) is 65.7 Å². The second kappa shape index (κ2) is 19.5. The molecule has 0 radical (unpaired) electrons. The van der Waals surface area contributed by atoms with Crippen molar-refractivity contribution in [2.75, 3.05) is 6.54 Å². The number of esters is 1. The van der Waals surface area contributed by atoms with Gasteiger partial charge in [-0.15, -0.1) is 0 Å². The summed E-state index contributed by atoms with van der Waals surface area (Å²) in [5, 5.41) is 15.5. The summed E-state index contributed by atoms with van der Waals surface area (Å²) >= 11 is 0. The number of carbonyl (C=O) groups is 5. The molecular weight excluding hydrogens is 640 g/mol. The van der Waals surface area contributed by atoms with Gasteiger partial charge in [0.2, 0.25) is 17.7 Å². The lowest BCUT2D eigenvalue weighted by molar-refractivity contribution is -0.159. The number of unbranched alkanes of at least 4 members (excludes halogenated alkanes) is 4. The molecule has 0 saturated carbocycles. The number of amides is 4.